The van der Waals surface area contributed by atoms with Crippen LogP contribution in [0.25, 0.3) is 0 Å². The van der Waals surface area contributed by atoms with E-state index in [2.05, 4.69) is 24.1 Å². The third kappa shape index (κ3) is 3.46. The van der Waals surface area contributed by atoms with Crippen LogP contribution in [0.15, 0.2) is 18.5 Å². The van der Waals surface area contributed by atoms with Crippen LogP contribution in [0.1, 0.15) is 43.5 Å². The molecule has 2 heterocycles. The van der Waals surface area contributed by atoms with Crippen LogP contribution >= 0.6 is 0 Å². The van der Waals surface area contributed by atoms with Gasteiger partial charge < -0.3 is 10.2 Å². The molecule has 0 aromatic carbocycles. The zero-order valence-corrected chi connectivity index (χ0v) is 11.9. The standard InChI is InChI=1S/C15H23N3O/c1-3-7-17-14-6-8-16-10-13(14)15(19)18-9-4-5-12(2)11-18/h6,8,10,12H,3-5,7,9,11H2,1-2H3,(H,16,17). The van der Waals surface area contributed by atoms with Gasteiger partial charge >= 0.3 is 0 Å². The number of likely N-dealkylation sites (tertiary alicyclic amines) is 1. The van der Waals surface area contributed by atoms with Crippen LogP contribution in [0.4, 0.5) is 5.69 Å². The SMILES string of the molecule is CCCNc1ccncc1C(=O)N1CCCC(C)C1. The van der Waals surface area contributed by atoms with E-state index in [0.717, 1.165) is 38.2 Å². The van der Waals surface area contributed by atoms with E-state index in [9.17, 15) is 4.79 Å². The molecule has 1 unspecified atom stereocenters. The second-order valence-electron chi connectivity index (χ2n) is 5.35. The number of rotatable bonds is 4. The van der Waals surface area contributed by atoms with Gasteiger partial charge in [-0.25, -0.2) is 0 Å². The molecule has 0 aliphatic carbocycles. The van der Waals surface area contributed by atoms with Gasteiger partial charge in [0, 0.05) is 32.0 Å². The molecule has 1 aliphatic rings. The van der Waals surface area contributed by atoms with Crippen molar-refractivity contribution in [2.45, 2.75) is 33.1 Å². The Morgan fingerprint density at radius 3 is 3.16 bits per heavy atom. The normalized spacial score (nSPS) is 19.3. The van der Waals surface area contributed by atoms with E-state index in [1.807, 2.05) is 11.0 Å². The van der Waals surface area contributed by atoms with Gasteiger partial charge in [-0.1, -0.05) is 13.8 Å². The number of aromatic nitrogens is 1. The van der Waals surface area contributed by atoms with Crippen molar-refractivity contribution in [2.75, 3.05) is 25.0 Å². The summed E-state index contributed by atoms with van der Waals surface area (Å²) in [5.74, 6) is 0.708. The lowest BCUT2D eigenvalue weighted by Gasteiger charge is -2.31. The molecule has 1 aliphatic heterocycles. The maximum atomic E-state index is 12.6. The Balaban J connectivity index is 2.13. The molecule has 0 spiro atoms. The number of piperidine rings is 1. The molecule has 4 nitrogen and oxygen atoms in total. The van der Waals surface area contributed by atoms with Gasteiger partial charge in [-0.3, -0.25) is 9.78 Å². The van der Waals surface area contributed by atoms with Crippen LogP contribution in [0.3, 0.4) is 0 Å². The van der Waals surface area contributed by atoms with Crippen LogP contribution in [0.2, 0.25) is 0 Å². The molecule has 4 heteroatoms. The maximum Gasteiger partial charge on any atom is 0.257 e. The minimum Gasteiger partial charge on any atom is -0.384 e. The second kappa shape index (κ2) is 6.55. The van der Waals surface area contributed by atoms with E-state index in [0.29, 0.717) is 11.5 Å². The van der Waals surface area contributed by atoms with Crippen molar-refractivity contribution in [3.8, 4) is 0 Å². The molecule has 104 valence electrons. The summed E-state index contributed by atoms with van der Waals surface area (Å²) in [4.78, 5) is 18.6. The Kier molecular flexibility index (Phi) is 4.77. The minimum atomic E-state index is 0.109. The number of nitrogens with zero attached hydrogens (tertiary/aromatic N) is 2. The van der Waals surface area contributed by atoms with E-state index in [1.165, 1.54) is 6.42 Å². The highest BCUT2D eigenvalue weighted by atomic mass is 16.2. The van der Waals surface area contributed by atoms with E-state index in [1.54, 1.807) is 12.4 Å². The average Bonchev–Trinajstić information content (AvgIpc) is 2.44. The Hall–Kier alpha value is -1.58. The molecule has 1 aromatic heterocycles. The van der Waals surface area contributed by atoms with Gasteiger partial charge in [0.05, 0.1) is 11.3 Å². The molecule has 0 saturated carbocycles. The first-order valence-electron chi connectivity index (χ1n) is 7.19. The predicted molar refractivity (Wildman–Crippen MR) is 77.3 cm³/mol. The smallest absolute Gasteiger partial charge is 0.257 e. The Morgan fingerprint density at radius 1 is 1.58 bits per heavy atom. The topological polar surface area (TPSA) is 45.2 Å². The molecular formula is C15H23N3O. The largest absolute Gasteiger partial charge is 0.384 e. The van der Waals surface area contributed by atoms with Crippen LogP contribution in [-0.2, 0) is 0 Å². The van der Waals surface area contributed by atoms with E-state index >= 15 is 0 Å². The monoisotopic (exact) mass is 261 g/mol. The molecule has 19 heavy (non-hydrogen) atoms. The summed E-state index contributed by atoms with van der Waals surface area (Å²) in [7, 11) is 0. The van der Waals surface area contributed by atoms with E-state index in [4.69, 9.17) is 0 Å². The number of anilines is 1. The number of carbonyl (C=O) groups is 1. The molecule has 1 atom stereocenters. The van der Waals surface area contributed by atoms with Gasteiger partial charge in [-0.2, -0.15) is 0 Å². The highest BCUT2D eigenvalue weighted by Gasteiger charge is 2.23. The zero-order valence-electron chi connectivity index (χ0n) is 11.9. The number of amides is 1. The molecule has 0 bridgehead atoms. The van der Waals surface area contributed by atoms with E-state index in [-0.39, 0.29) is 5.91 Å². The fourth-order valence-electron chi connectivity index (χ4n) is 2.52. The summed E-state index contributed by atoms with van der Waals surface area (Å²) in [6.07, 6.45) is 6.77. The van der Waals surface area contributed by atoms with E-state index < -0.39 is 0 Å². The van der Waals surface area contributed by atoms with Gasteiger partial charge in [-0.05, 0) is 31.2 Å². The molecule has 0 radical (unpaired) electrons. The number of carbonyl (C=O) groups excluding carboxylic acids is 1. The Bertz CT molecular complexity index is 433. The predicted octanol–water partition coefficient (Wildman–Crippen LogP) is 2.78. The fourth-order valence-corrected chi connectivity index (χ4v) is 2.52. The number of pyridine rings is 1. The van der Waals surface area contributed by atoms with Crippen molar-refractivity contribution in [3.05, 3.63) is 24.0 Å². The maximum absolute atomic E-state index is 12.6. The average molecular weight is 261 g/mol. The number of nitrogens with one attached hydrogen (secondary N) is 1. The first-order chi connectivity index (χ1) is 9.22. The van der Waals surface area contributed by atoms with Crippen molar-refractivity contribution in [1.29, 1.82) is 0 Å². The Labute approximate surface area is 115 Å². The molecule has 1 fully saturated rings. The fraction of sp³-hybridized carbons (Fsp3) is 0.600. The summed E-state index contributed by atoms with van der Waals surface area (Å²) in [5, 5.41) is 3.31. The summed E-state index contributed by atoms with van der Waals surface area (Å²) in [6, 6.07) is 1.89. The molecule has 1 saturated heterocycles. The summed E-state index contributed by atoms with van der Waals surface area (Å²) in [5.41, 5.74) is 1.60. The van der Waals surface area contributed by atoms with Crippen molar-refractivity contribution >= 4 is 11.6 Å². The van der Waals surface area contributed by atoms with Gasteiger partial charge in [-0.15, -0.1) is 0 Å². The van der Waals surface area contributed by atoms with Crippen LogP contribution in [0, 0.1) is 5.92 Å². The molecule has 1 N–H and O–H groups in total. The molecular weight excluding hydrogens is 238 g/mol. The lowest BCUT2D eigenvalue weighted by Crippen LogP contribution is -2.39. The number of hydrogen-bond acceptors (Lipinski definition) is 3. The van der Waals surface area contributed by atoms with Crippen molar-refractivity contribution in [1.82, 2.24) is 9.88 Å². The summed E-state index contributed by atoms with van der Waals surface area (Å²) in [6.45, 7) is 6.92. The minimum absolute atomic E-state index is 0.109. The third-order valence-corrected chi connectivity index (χ3v) is 3.56. The van der Waals surface area contributed by atoms with Gasteiger partial charge in [0.1, 0.15) is 0 Å². The molecule has 1 amide bonds. The van der Waals surface area contributed by atoms with Gasteiger partial charge in [0.25, 0.3) is 5.91 Å². The molecule has 2 rings (SSSR count). The van der Waals surface area contributed by atoms with Crippen LogP contribution in [0.5, 0.6) is 0 Å². The van der Waals surface area contributed by atoms with Gasteiger partial charge in [0.2, 0.25) is 0 Å². The van der Waals surface area contributed by atoms with Crippen molar-refractivity contribution in [3.63, 3.8) is 0 Å². The number of hydrogen-bond donors (Lipinski definition) is 1. The van der Waals surface area contributed by atoms with Crippen LogP contribution < -0.4 is 5.32 Å². The Morgan fingerprint density at radius 2 is 2.42 bits per heavy atom. The molecule has 1 aromatic rings. The van der Waals surface area contributed by atoms with Crippen molar-refractivity contribution < 1.29 is 4.79 Å². The lowest BCUT2D eigenvalue weighted by molar-refractivity contribution is 0.0683. The summed E-state index contributed by atoms with van der Waals surface area (Å²) >= 11 is 0. The van der Waals surface area contributed by atoms with Crippen LogP contribution in [-0.4, -0.2) is 35.4 Å². The summed E-state index contributed by atoms with van der Waals surface area (Å²) < 4.78 is 0. The zero-order chi connectivity index (χ0) is 13.7. The quantitative estimate of drug-likeness (QED) is 0.906. The highest BCUT2D eigenvalue weighted by Crippen LogP contribution is 2.21. The third-order valence-electron chi connectivity index (χ3n) is 3.56. The second-order valence-corrected chi connectivity index (χ2v) is 5.35. The first kappa shape index (κ1) is 13.8. The van der Waals surface area contributed by atoms with Crippen molar-refractivity contribution in [2.24, 2.45) is 5.92 Å². The van der Waals surface area contributed by atoms with Gasteiger partial charge in [0.15, 0.2) is 0 Å². The lowest BCUT2D eigenvalue weighted by atomic mass is 9.99. The highest BCUT2D eigenvalue weighted by molar-refractivity contribution is 5.99. The first-order valence-corrected chi connectivity index (χ1v) is 7.19.